The molecule has 0 amide bonds. The van der Waals surface area contributed by atoms with E-state index in [2.05, 4.69) is 11.8 Å². The summed E-state index contributed by atoms with van der Waals surface area (Å²) in [6.07, 6.45) is 11.4. The first-order valence-corrected chi connectivity index (χ1v) is 9.63. The Bertz CT molecular complexity index is 307. The molecule has 0 bridgehead atoms. The molecule has 0 radical (unpaired) electrons. The zero-order valence-electron chi connectivity index (χ0n) is 14.8. The van der Waals surface area contributed by atoms with Crippen molar-refractivity contribution in [2.45, 2.75) is 97.0 Å². The number of carbonyl (C=O) groups is 2. The van der Waals surface area contributed by atoms with Crippen LogP contribution in [0.25, 0.3) is 0 Å². The zero-order valence-corrected chi connectivity index (χ0v) is 15.5. The summed E-state index contributed by atoms with van der Waals surface area (Å²) in [5, 5.41) is 0. The second kappa shape index (κ2) is 16.3. The van der Waals surface area contributed by atoms with Crippen molar-refractivity contribution in [3.63, 3.8) is 0 Å². The Balaban J connectivity index is 3.63. The van der Waals surface area contributed by atoms with Gasteiger partial charge in [0.25, 0.3) is 0 Å². The highest BCUT2D eigenvalue weighted by Crippen LogP contribution is 2.12. The average Bonchev–Trinajstić information content (AvgIpc) is 2.54. The van der Waals surface area contributed by atoms with Gasteiger partial charge in [-0.2, -0.15) is 4.89 Å². The standard InChI is InChI=1S/C18H33ClO4/c1-3-5-6-7-8-9-10-11-12-14-16(20)17(15-19)22-23-18(21)13-4-2/h17H,3-15H2,1-2H3. The average molecular weight is 349 g/mol. The number of halogens is 1. The Morgan fingerprint density at radius 1 is 0.826 bits per heavy atom. The lowest BCUT2D eigenvalue weighted by atomic mass is 10.0. The predicted octanol–water partition coefficient (Wildman–Crippen LogP) is 5.36. The Kier molecular flexibility index (Phi) is 15.8. The van der Waals surface area contributed by atoms with Crippen LogP contribution in [0.1, 0.15) is 90.9 Å². The maximum absolute atomic E-state index is 12.0. The maximum atomic E-state index is 12.0. The molecule has 0 aliphatic carbocycles. The number of hydrogen-bond acceptors (Lipinski definition) is 4. The minimum atomic E-state index is -0.841. The summed E-state index contributed by atoms with van der Waals surface area (Å²) in [5.41, 5.74) is 0. The second-order valence-electron chi connectivity index (χ2n) is 5.99. The zero-order chi connectivity index (χ0) is 17.3. The van der Waals surface area contributed by atoms with Crippen molar-refractivity contribution in [3.8, 4) is 0 Å². The molecule has 0 saturated heterocycles. The van der Waals surface area contributed by atoms with E-state index in [0.717, 1.165) is 19.3 Å². The van der Waals surface area contributed by atoms with Crippen LogP contribution < -0.4 is 0 Å². The fourth-order valence-electron chi connectivity index (χ4n) is 2.29. The molecule has 0 spiro atoms. The third-order valence-corrected chi connectivity index (χ3v) is 4.02. The minimum Gasteiger partial charge on any atom is -0.298 e. The summed E-state index contributed by atoms with van der Waals surface area (Å²) in [4.78, 5) is 32.6. The molecule has 23 heavy (non-hydrogen) atoms. The molecular weight excluding hydrogens is 316 g/mol. The van der Waals surface area contributed by atoms with E-state index in [9.17, 15) is 9.59 Å². The topological polar surface area (TPSA) is 52.6 Å². The molecule has 0 saturated carbocycles. The van der Waals surface area contributed by atoms with Gasteiger partial charge in [0.2, 0.25) is 0 Å². The SMILES string of the molecule is CCCCCCCCCCCC(=O)C(CCl)OOC(=O)CCC. The molecular formula is C18H33ClO4. The Hall–Kier alpha value is -0.610. The van der Waals surface area contributed by atoms with Crippen molar-refractivity contribution >= 4 is 23.4 Å². The number of Topliss-reactive ketones (excluding diaryl/α,β-unsaturated/α-hetero) is 1. The van der Waals surface area contributed by atoms with Gasteiger partial charge >= 0.3 is 5.97 Å². The van der Waals surface area contributed by atoms with Crippen LogP contribution in [0.15, 0.2) is 0 Å². The highest BCUT2D eigenvalue weighted by atomic mass is 35.5. The van der Waals surface area contributed by atoms with Crippen molar-refractivity contribution < 1.29 is 19.4 Å². The minimum absolute atomic E-state index is 0.00959. The number of rotatable bonds is 16. The smallest absolute Gasteiger partial charge is 0.298 e. The van der Waals surface area contributed by atoms with Gasteiger partial charge in [0.05, 0.1) is 5.88 Å². The molecule has 5 heteroatoms. The van der Waals surface area contributed by atoms with Crippen LogP contribution in [0.2, 0.25) is 0 Å². The van der Waals surface area contributed by atoms with E-state index in [4.69, 9.17) is 16.5 Å². The van der Waals surface area contributed by atoms with Crippen molar-refractivity contribution in [3.05, 3.63) is 0 Å². The van der Waals surface area contributed by atoms with Gasteiger partial charge in [-0.3, -0.25) is 9.68 Å². The molecule has 0 heterocycles. The monoisotopic (exact) mass is 348 g/mol. The van der Waals surface area contributed by atoms with E-state index in [1.807, 2.05) is 6.92 Å². The van der Waals surface area contributed by atoms with Crippen LogP contribution in [0, 0.1) is 0 Å². The van der Waals surface area contributed by atoms with Crippen LogP contribution >= 0.6 is 11.6 Å². The molecule has 0 N–H and O–H groups in total. The number of unbranched alkanes of at least 4 members (excludes halogenated alkanes) is 8. The van der Waals surface area contributed by atoms with Gasteiger partial charge in [-0.1, -0.05) is 65.2 Å². The van der Waals surface area contributed by atoms with E-state index in [1.165, 1.54) is 38.5 Å². The number of hydrogen-bond donors (Lipinski definition) is 0. The summed E-state index contributed by atoms with van der Waals surface area (Å²) < 4.78 is 0. The fourth-order valence-corrected chi connectivity index (χ4v) is 2.52. The summed E-state index contributed by atoms with van der Waals surface area (Å²) in [6, 6.07) is 0. The van der Waals surface area contributed by atoms with Gasteiger partial charge in [-0.25, -0.2) is 4.79 Å². The Morgan fingerprint density at radius 3 is 1.91 bits per heavy atom. The lowest BCUT2D eigenvalue weighted by molar-refractivity contribution is -0.287. The fraction of sp³-hybridized carbons (Fsp3) is 0.889. The molecule has 0 fully saturated rings. The Morgan fingerprint density at radius 2 is 1.39 bits per heavy atom. The van der Waals surface area contributed by atoms with Crippen molar-refractivity contribution in [2.75, 3.05) is 5.88 Å². The lowest BCUT2D eigenvalue weighted by Crippen LogP contribution is -2.27. The first-order valence-electron chi connectivity index (χ1n) is 9.10. The van der Waals surface area contributed by atoms with Crippen molar-refractivity contribution in [2.24, 2.45) is 0 Å². The first kappa shape index (κ1) is 22.4. The van der Waals surface area contributed by atoms with E-state index in [1.54, 1.807) is 0 Å². The van der Waals surface area contributed by atoms with Crippen LogP contribution in [0.5, 0.6) is 0 Å². The van der Waals surface area contributed by atoms with Crippen molar-refractivity contribution in [1.82, 2.24) is 0 Å². The molecule has 0 aliphatic heterocycles. The molecule has 0 aromatic heterocycles. The molecule has 136 valence electrons. The number of alkyl halides is 1. The predicted molar refractivity (Wildman–Crippen MR) is 93.4 cm³/mol. The van der Waals surface area contributed by atoms with Gasteiger partial charge in [-0.15, -0.1) is 11.6 Å². The maximum Gasteiger partial charge on any atom is 0.342 e. The molecule has 4 nitrogen and oxygen atoms in total. The van der Waals surface area contributed by atoms with Gasteiger partial charge < -0.3 is 0 Å². The quantitative estimate of drug-likeness (QED) is 0.163. The summed E-state index contributed by atoms with van der Waals surface area (Å²) in [7, 11) is 0. The molecule has 0 aromatic rings. The van der Waals surface area contributed by atoms with Crippen LogP contribution in [-0.4, -0.2) is 23.7 Å². The summed E-state index contributed by atoms with van der Waals surface area (Å²) in [5.74, 6) is -0.541. The second-order valence-corrected chi connectivity index (χ2v) is 6.30. The molecule has 0 rings (SSSR count). The van der Waals surface area contributed by atoms with Gasteiger partial charge in [0.1, 0.15) is 0 Å². The van der Waals surface area contributed by atoms with Crippen LogP contribution in [0.4, 0.5) is 0 Å². The summed E-state index contributed by atoms with van der Waals surface area (Å²) in [6.45, 7) is 4.09. The lowest BCUT2D eigenvalue weighted by Gasteiger charge is -2.12. The van der Waals surface area contributed by atoms with Gasteiger partial charge in [0, 0.05) is 12.8 Å². The molecule has 1 unspecified atom stereocenters. The highest BCUT2D eigenvalue weighted by Gasteiger charge is 2.20. The normalized spacial score (nSPS) is 12.1. The molecule has 0 aromatic carbocycles. The van der Waals surface area contributed by atoms with Crippen LogP contribution in [-0.2, 0) is 19.4 Å². The highest BCUT2D eigenvalue weighted by molar-refractivity contribution is 6.19. The summed E-state index contributed by atoms with van der Waals surface area (Å²) >= 11 is 5.71. The van der Waals surface area contributed by atoms with Crippen LogP contribution in [0.3, 0.4) is 0 Å². The third kappa shape index (κ3) is 13.5. The first-order chi connectivity index (χ1) is 11.2. The number of carbonyl (C=O) groups excluding carboxylic acids is 2. The van der Waals surface area contributed by atoms with E-state index < -0.39 is 12.1 Å². The largest absolute Gasteiger partial charge is 0.342 e. The van der Waals surface area contributed by atoms with Gasteiger partial charge in [-0.05, 0) is 12.8 Å². The van der Waals surface area contributed by atoms with E-state index >= 15 is 0 Å². The Labute approximate surface area is 146 Å². The molecule has 1 atom stereocenters. The van der Waals surface area contributed by atoms with Gasteiger partial charge in [0.15, 0.2) is 11.9 Å². The van der Waals surface area contributed by atoms with E-state index in [-0.39, 0.29) is 18.1 Å². The number of ketones is 1. The molecule has 0 aliphatic rings. The van der Waals surface area contributed by atoms with E-state index in [0.29, 0.717) is 12.8 Å². The third-order valence-electron chi connectivity index (χ3n) is 3.74. The van der Waals surface area contributed by atoms with Crippen molar-refractivity contribution in [1.29, 1.82) is 0 Å².